The van der Waals surface area contributed by atoms with Crippen molar-refractivity contribution in [1.29, 1.82) is 0 Å². The molecule has 1 amide bonds. The first-order valence-electron chi connectivity index (χ1n) is 7.03. The molecule has 0 spiro atoms. The van der Waals surface area contributed by atoms with E-state index >= 15 is 0 Å². The third-order valence-electron chi connectivity index (χ3n) is 3.68. The summed E-state index contributed by atoms with van der Waals surface area (Å²) >= 11 is 0. The number of aryl methyl sites for hydroxylation is 1. The van der Waals surface area contributed by atoms with Gasteiger partial charge < -0.3 is 9.64 Å². The van der Waals surface area contributed by atoms with Gasteiger partial charge in [-0.2, -0.15) is 5.10 Å². The summed E-state index contributed by atoms with van der Waals surface area (Å²) in [5, 5.41) is 4.34. The van der Waals surface area contributed by atoms with Crippen molar-refractivity contribution in [2.45, 2.75) is 26.2 Å². The van der Waals surface area contributed by atoms with Gasteiger partial charge in [0.1, 0.15) is 6.61 Å². The minimum atomic E-state index is -0.180. The summed E-state index contributed by atoms with van der Waals surface area (Å²) in [5.74, 6) is -0.0241. The smallest absolute Gasteiger partial charge is 0.248 e. The predicted molar refractivity (Wildman–Crippen MR) is 82.5 cm³/mol. The summed E-state index contributed by atoms with van der Waals surface area (Å²) < 4.78 is 7.46. The van der Waals surface area contributed by atoms with Crippen LogP contribution in [-0.4, -0.2) is 47.7 Å². The largest absolute Gasteiger partial charge is 0.371 e. The second-order valence-corrected chi connectivity index (χ2v) is 6.24. The maximum atomic E-state index is 11.5. The number of amides is 1. The third kappa shape index (κ3) is 3.42. The molecule has 0 atom stereocenters. The van der Waals surface area contributed by atoms with Crippen LogP contribution in [0, 0.1) is 6.92 Å². The van der Waals surface area contributed by atoms with Crippen LogP contribution < -0.4 is 0 Å². The van der Waals surface area contributed by atoms with Crippen LogP contribution in [0.1, 0.15) is 25.0 Å². The molecule has 0 aliphatic carbocycles. The fourth-order valence-electron chi connectivity index (χ4n) is 2.12. The Morgan fingerprint density at radius 2 is 2.10 bits per heavy atom. The van der Waals surface area contributed by atoms with E-state index in [1.807, 2.05) is 23.8 Å². The maximum Gasteiger partial charge on any atom is 0.248 e. The van der Waals surface area contributed by atoms with Crippen LogP contribution in [0.3, 0.4) is 0 Å². The summed E-state index contributed by atoms with van der Waals surface area (Å²) in [4.78, 5) is 13.1. The number of aromatic nitrogens is 2. The molecular weight excluding hydrogens is 266 g/mol. The molecule has 21 heavy (non-hydrogen) atoms. The lowest BCUT2D eigenvalue weighted by atomic mass is 9.86. The SMILES string of the molecule is Cc1cnn2cc(C(C)(C)COCC(=O)N(C)C)ccc12. The first-order chi connectivity index (χ1) is 9.81. The van der Waals surface area contributed by atoms with Crippen LogP contribution >= 0.6 is 0 Å². The molecule has 114 valence electrons. The average molecular weight is 289 g/mol. The number of pyridine rings is 1. The van der Waals surface area contributed by atoms with Crippen molar-refractivity contribution >= 4 is 11.4 Å². The third-order valence-corrected chi connectivity index (χ3v) is 3.68. The minimum Gasteiger partial charge on any atom is -0.371 e. The molecule has 0 N–H and O–H groups in total. The van der Waals surface area contributed by atoms with Gasteiger partial charge in [0.25, 0.3) is 0 Å². The molecule has 2 heterocycles. The summed E-state index contributed by atoms with van der Waals surface area (Å²) in [6.45, 7) is 6.84. The van der Waals surface area contributed by atoms with E-state index in [-0.39, 0.29) is 17.9 Å². The number of carbonyl (C=O) groups excluding carboxylic acids is 1. The Bertz CT molecular complexity index is 644. The quantitative estimate of drug-likeness (QED) is 0.846. The van der Waals surface area contributed by atoms with Crippen molar-refractivity contribution in [3.05, 3.63) is 35.7 Å². The first kappa shape index (κ1) is 15.5. The normalized spacial score (nSPS) is 11.9. The highest BCUT2D eigenvalue weighted by atomic mass is 16.5. The lowest BCUT2D eigenvalue weighted by molar-refractivity contribution is -0.134. The molecule has 0 aromatic carbocycles. The second kappa shape index (κ2) is 5.85. The molecule has 0 saturated carbocycles. The molecule has 2 rings (SSSR count). The Labute approximate surface area is 125 Å². The molecule has 0 aliphatic heterocycles. The Morgan fingerprint density at radius 1 is 1.38 bits per heavy atom. The zero-order chi connectivity index (χ0) is 15.6. The van der Waals surface area contributed by atoms with Gasteiger partial charge in [-0.1, -0.05) is 19.9 Å². The molecule has 0 fully saturated rings. The predicted octanol–water partition coefficient (Wildman–Crippen LogP) is 2.03. The Kier molecular flexibility index (Phi) is 4.32. The fourth-order valence-corrected chi connectivity index (χ4v) is 2.12. The lowest BCUT2D eigenvalue weighted by Crippen LogP contribution is -2.30. The van der Waals surface area contributed by atoms with Crippen LogP contribution in [0.25, 0.3) is 5.52 Å². The zero-order valence-corrected chi connectivity index (χ0v) is 13.4. The molecule has 5 nitrogen and oxygen atoms in total. The van der Waals surface area contributed by atoms with Gasteiger partial charge in [-0.05, 0) is 24.1 Å². The standard InChI is InChI=1S/C16H23N3O2/c1-12-8-17-19-9-13(6-7-14(12)19)16(2,3)11-21-10-15(20)18(4)5/h6-9H,10-11H2,1-5H3. The Morgan fingerprint density at radius 3 is 2.76 bits per heavy atom. The zero-order valence-electron chi connectivity index (χ0n) is 13.4. The highest BCUT2D eigenvalue weighted by Crippen LogP contribution is 2.24. The van der Waals surface area contributed by atoms with Crippen LogP contribution in [0.15, 0.2) is 24.5 Å². The van der Waals surface area contributed by atoms with Crippen LogP contribution in [0.5, 0.6) is 0 Å². The Hall–Kier alpha value is -1.88. The molecule has 0 saturated heterocycles. The van der Waals surface area contributed by atoms with E-state index < -0.39 is 0 Å². The number of carbonyl (C=O) groups is 1. The van der Waals surface area contributed by atoms with E-state index in [0.29, 0.717) is 6.61 Å². The summed E-state index contributed by atoms with van der Waals surface area (Å²) in [7, 11) is 3.45. The van der Waals surface area contributed by atoms with Crippen LogP contribution in [0.4, 0.5) is 0 Å². The monoisotopic (exact) mass is 289 g/mol. The molecule has 0 radical (unpaired) electrons. The van der Waals surface area contributed by atoms with Crippen molar-refractivity contribution in [3.8, 4) is 0 Å². The van der Waals surface area contributed by atoms with E-state index in [4.69, 9.17) is 4.74 Å². The number of ether oxygens (including phenoxy) is 1. The number of fused-ring (bicyclic) bond motifs is 1. The number of rotatable bonds is 5. The number of hydrogen-bond donors (Lipinski definition) is 0. The fraction of sp³-hybridized carbons (Fsp3) is 0.500. The highest BCUT2D eigenvalue weighted by molar-refractivity contribution is 5.76. The van der Waals surface area contributed by atoms with Crippen molar-refractivity contribution in [3.63, 3.8) is 0 Å². The topological polar surface area (TPSA) is 46.8 Å². The van der Waals surface area contributed by atoms with Gasteiger partial charge in [0, 0.05) is 25.7 Å². The second-order valence-electron chi connectivity index (χ2n) is 6.24. The van der Waals surface area contributed by atoms with E-state index in [9.17, 15) is 4.79 Å². The van der Waals surface area contributed by atoms with E-state index in [2.05, 4.69) is 31.1 Å². The van der Waals surface area contributed by atoms with Crippen molar-refractivity contribution in [1.82, 2.24) is 14.5 Å². The van der Waals surface area contributed by atoms with Gasteiger partial charge in [-0.25, -0.2) is 4.52 Å². The van der Waals surface area contributed by atoms with E-state index in [0.717, 1.165) is 16.6 Å². The molecule has 2 aromatic heterocycles. The molecule has 0 aliphatic rings. The van der Waals surface area contributed by atoms with Gasteiger partial charge >= 0.3 is 0 Å². The van der Waals surface area contributed by atoms with Gasteiger partial charge in [0.2, 0.25) is 5.91 Å². The highest BCUT2D eigenvalue weighted by Gasteiger charge is 2.22. The van der Waals surface area contributed by atoms with Gasteiger partial charge in [0.05, 0.1) is 18.3 Å². The minimum absolute atomic E-state index is 0.0241. The Balaban J connectivity index is 2.08. The van der Waals surface area contributed by atoms with Crippen molar-refractivity contribution in [2.24, 2.45) is 0 Å². The summed E-state index contributed by atoms with van der Waals surface area (Å²) in [5.41, 5.74) is 3.22. The summed E-state index contributed by atoms with van der Waals surface area (Å²) in [6, 6.07) is 4.17. The maximum absolute atomic E-state index is 11.5. The van der Waals surface area contributed by atoms with Crippen LogP contribution in [0.2, 0.25) is 0 Å². The first-order valence-corrected chi connectivity index (χ1v) is 7.03. The molecule has 0 bridgehead atoms. The van der Waals surface area contributed by atoms with Crippen LogP contribution in [-0.2, 0) is 14.9 Å². The average Bonchev–Trinajstić information content (AvgIpc) is 2.79. The van der Waals surface area contributed by atoms with Gasteiger partial charge in [-0.15, -0.1) is 0 Å². The molecular formula is C16H23N3O2. The van der Waals surface area contributed by atoms with Crippen molar-refractivity contribution < 1.29 is 9.53 Å². The summed E-state index contributed by atoms with van der Waals surface area (Å²) in [6.07, 6.45) is 3.89. The van der Waals surface area contributed by atoms with Gasteiger partial charge in [0.15, 0.2) is 0 Å². The van der Waals surface area contributed by atoms with E-state index in [1.54, 1.807) is 14.1 Å². The van der Waals surface area contributed by atoms with Gasteiger partial charge in [-0.3, -0.25) is 4.79 Å². The lowest BCUT2D eigenvalue weighted by Gasteiger charge is -2.25. The number of likely N-dealkylation sites (N-methyl/N-ethyl adjacent to an activating group) is 1. The number of nitrogens with zero attached hydrogens (tertiary/aromatic N) is 3. The molecule has 5 heteroatoms. The van der Waals surface area contributed by atoms with Crippen molar-refractivity contribution in [2.75, 3.05) is 27.3 Å². The molecule has 0 unspecified atom stereocenters. The van der Waals surface area contributed by atoms with E-state index in [1.165, 1.54) is 4.90 Å². The molecule has 2 aromatic rings. The number of hydrogen-bond acceptors (Lipinski definition) is 3.